The Morgan fingerprint density at radius 2 is 1.51 bits per heavy atom. The molecule has 2 aliphatic rings. The number of hydrogen-bond acceptors (Lipinski definition) is 7. The predicted octanol–water partition coefficient (Wildman–Crippen LogP) is 5.11. The number of rotatable bonds is 10. The van der Waals surface area contributed by atoms with E-state index >= 15 is 0 Å². The van der Waals surface area contributed by atoms with Crippen LogP contribution in [0, 0.1) is 5.92 Å². The molecule has 3 aromatic carbocycles. The molecule has 8 heteroatoms. The number of nitrogens with zero attached hydrogens (tertiary/aromatic N) is 3. The van der Waals surface area contributed by atoms with Crippen LogP contribution >= 0.6 is 0 Å². The number of aliphatic hydroxyl groups excluding tert-OH is 1. The molecule has 45 heavy (non-hydrogen) atoms. The molecule has 2 aliphatic heterocycles. The van der Waals surface area contributed by atoms with Gasteiger partial charge in [0.1, 0.15) is 0 Å². The first-order chi connectivity index (χ1) is 22.1. The average molecular weight is 607 g/mol. The molecule has 0 unspecified atom stereocenters. The first-order valence-electron chi connectivity index (χ1n) is 15.8. The highest BCUT2D eigenvalue weighted by atomic mass is 16.7. The standard InChI is InChI=1S/C37H42N4O4/c1-27-34(25-41-20-18-40(19-21-41)24-29-6-3-2-4-7-29)44-37(45-35(27)31-13-11-30(26-42)12-14-31)32-15-9-28(10-16-32)22-39-36(43)33-8-5-17-38-23-33/h2-17,23,27,34-35,37,42H,18-22,24-26H2,1H3,(H,39,43)/t27-,34+,35+,37+/m1/s1. The Hall–Kier alpha value is -3.92. The summed E-state index contributed by atoms with van der Waals surface area (Å²) in [5.41, 5.74) is 5.78. The number of ether oxygens (including phenoxy) is 2. The summed E-state index contributed by atoms with van der Waals surface area (Å²) in [7, 11) is 0. The van der Waals surface area contributed by atoms with E-state index in [4.69, 9.17) is 9.47 Å². The molecule has 2 N–H and O–H groups in total. The summed E-state index contributed by atoms with van der Waals surface area (Å²) in [5, 5.41) is 12.5. The van der Waals surface area contributed by atoms with Crippen molar-refractivity contribution in [2.45, 2.75) is 45.1 Å². The van der Waals surface area contributed by atoms with Crippen LogP contribution < -0.4 is 5.32 Å². The van der Waals surface area contributed by atoms with Gasteiger partial charge in [0.2, 0.25) is 0 Å². The molecule has 0 spiro atoms. The Kier molecular flexibility index (Phi) is 10.3. The molecular formula is C37H42N4O4. The third kappa shape index (κ3) is 8.03. The predicted molar refractivity (Wildman–Crippen MR) is 173 cm³/mol. The van der Waals surface area contributed by atoms with Gasteiger partial charge in [-0.25, -0.2) is 0 Å². The molecule has 2 saturated heterocycles. The molecule has 2 fully saturated rings. The molecule has 4 atom stereocenters. The van der Waals surface area contributed by atoms with Crippen molar-refractivity contribution in [1.82, 2.24) is 20.1 Å². The van der Waals surface area contributed by atoms with Crippen molar-refractivity contribution >= 4 is 5.91 Å². The zero-order valence-corrected chi connectivity index (χ0v) is 25.8. The average Bonchev–Trinajstić information content (AvgIpc) is 3.10. The van der Waals surface area contributed by atoms with Crippen LogP contribution in [0.3, 0.4) is 0 Å². The fourth-order valence-electron chi connectivity index (χ4n) is 6.13. The highest BCUT2D eigenvalue weighted by Crippen LogP contribution is 2.42. The zero-order chi connectivity index (χ0) is 31.0. The molecule has 8 nitrogen and oxygen atoms in total. The first kappa shape index (κ1) is 31.1. The molecule has 0 saturated carbocycles. The highest BCUT2D eigenvalue weighted by Gasteiger charge is 2.39. The van der Waals surface area contributed by atoms with Crippen molar-refractivity contribution in [1.29, 1.82) is 0 Å². The molecule has 0 aliphatic carbocycles. The first-order valence-corrected chi connectivity index (χ1v) is 15.8. The smallest absolute Gasteiger partial charge is 0.253 e. The van der Waals surface area contributed by atoms with E-state index in [-0.39, 0.29) is 30.6 Å². The molecule has 4 aromatic rings. The lowest BCUT2D eigenvalue weighted by Crippen LogP contribution is -2.51. The van der Waals surface area contributed by atoms with E-state index in [1.54, 1.807) is 24.5 Å². The third-order valence-corrected chi connectivity index (χ3v) is 8.90. The van der Waals surface area contributed by atoms with Gasteiger partial charge in [-0.2, -0.15) is 0 Å². The molecular weight excluding hydrogens is 564 g/mol. The van der Waals surface area contributed by atoms with Gasteiger partial charge in [0.25, 0.3) is 5.91 Å². The van der Waals surface area contributed by atoms with Crippen molar-refractivity contribution in [2.75, 3.05) is 32.7 Å². The molecule has 1 amide bonds. The van der Waals surface area contributed by atoms with Crippen molar-refractivity contribution in [2.24, 2.45) is 5.92 Å². The van der Waals surface area contributed by atoms with Crippen LogP contribution in [0.25, 0.3) is 0 Å². The molecule has 0 bridgehead atoms. The fraction of sp³-hybridized carbons (Fsp3) is 0.351. The van der Waals surface area contributed by atoms with E-state index in [1.807, 2.05) is 36.4 Å². The number of aromatic nitrogens is 1. The van der Waals surface area contributed by atoms with Crippen molar-refractivity contribution in [3.05, 3.63) is 137 Å². The van der Waals surface area contributed by atoms with E-state index in [0.29, 0.717) is 12.1 Å². The molecule has 234 valence electrons. The van der Waals surface area contributed by atoms with Gasteiger partial charge in [0, 0.05) is 69.7 Å². The second-order valence-corrected chi connectivity index (χ2v) is 12.1. The van der Waals surface area contributed by atoms with Gasteiger partial charge in [-0.1, -0.05) is 85.8 Å². The number of aliphatic hydroxyl groups is 1. The van der Waals surface area contributed by atoms with Gasteiger partial charge < -0.3 is 19.9 Å². The van der Waals surface area contributed by atoms with Crippen LogP contribution in [0.2, 0.25) is 0 Å². The summed E-state index contributed by atoms with van der Waals surface area (Å²) in [6.07, 6.45) is 2.51. The van der Waals surface area contributed by atoms with Crippen LogP contribution in [0.4, 0.5) is 0 Å². The number of benzene rings is 3. The van der Waals surface area contributed by atoms with Gasteiger partial charge in [-0.3, -0.25) is 19.6 Å². The molecule has 3 heterocycles. The minimum atomic E-state index is -0.521. The number of carbonyl (C=O) groups excluding carboxylic acids is 1. The summed E-state index contributed by atoms with van der Waals surface area (Å²) in [4.78, 5) is 21.5. The summed E-state index contributed by atoms with van der Waals surface area (Å²) in [6.45, 7) is 8.52. The lowest BCUT2D eigenvalue weighted by Gasteiger charge is -2.44. The molecule has 1 aromatic heterocycles. The van der Waals surface area contributed by atoms with Crippen molar-refractivity contribution < 1.29 is 19.4 Å². The summed E-state index contributed by atoms with van der Waals surface area (Å²) in [6, 6.07) is 30.3. The number of amides is 1. The van der Waals surface area contributed by atoms with Gasteiger partial charge in [0.15, 0.2) is 6.29 Å². The maximum absolute atomic E-state index is 12.5. The van der Waals surface area contributed by atoms with Gasteiger partial charge in [0.05, 0.1) is 24.4 Å². The van der Waals surface area contributed by atoms with E-state index in [1.165, 1.54) is 5.56 Å². The normalized spacial score (nSPS) is 22.6. The minimum absolute atomic E-state index is 0.0149. The van der Waals surface area contributed by atoms with Crippen molar-refractivity contribution in [3.8, 4) is 0 Å². The topological polar surface area (TPSA) is 87.2 Å². The van der Waals surface area contributed by atoms with Crippen LogP contribution in [-0.2, 0) is 29.2 Å². The second kappa shape index (κ2) is 14.9. The third-order valence-electron chi connectivity index (χ3n) is 8.90. The Balaban J connectivity index is 1.12. The fourth-order valence-corrected chi connectivity index (χ4v) is 6.13. The summed E-state index contributed by atoms with van der Waals surface area (Å²) < 4.78 is 13.4. The van der Waals surface area contributed by atoms with Crippen molar-refractivity contribution in [3.63, 3.8) is 0 Å². The van der Waals surface area contributed by atoms with E-state index in [2.05, 4.69) is 69.5 Å². The maximum atomic E-state index is 12.5. The second-order valence-electron chi connectivity index (χ2n) is 12.1. The van der Waals surface area contributed by atoms with Gasteiger partial charge >= 0.3 is 0 Å². The van der Waals surface area contributed by atoms with Crippen LogP contribution in [0.15, 0.2) is 103 Å². The van der Waals surface area contributed by atoms with E-state index < -0.39 is 6.29 Å². The number of carbonyl (C=O) groups is 1. The number of nitrogens with one attached hydrogen (secondary N) is 1. The lowest BCUT2D eigenvalue weighted by molar-refractivity contribution is -0.276. The monoisotopic (exact) mass is 606 g/mol. The number of pyridine rings is 1. The Morgan fingerprint density at radius 3 is 2.20 bits per heavy atom. The van der Waals surface area contributed by atoms with E-state index in [0.717, 1.165) is 61.5 Å². The van der Waals surface area contributed by atoms with Crippen LogP contribution in [0.5, 0.6) is 0 Å². The maximum Gasteiger partial charge on any atom is 0.253 e. The Bertz CT molecular complexity index is 1490. The van der Waals surface area contributed by atoms with E-state index in [9.17, 15) is 9.90 Å². The van der Waals surface area contributed by atoms with Crippen LogP contribution in [-0.4, -0.2) is 64.6 Å². The summed E-state index contributed by atoms with van der Waals surface area (Å²) in [5.74, 6) is -0.0237. The minimum Gasteiger partial charge on any atom is -0.392 e. The lowest BCUT2D eigenvalue weighted by atomic mass is 9.90. The Morgan fingerprint density at radius 1 is 0.822 bits per heavy atom. The van der Waals surface area contributed by atoms with Gasteiger partial charge in [-0.05, 0) is 34.4 Å². The van der Waals surface area contributed by atoms with Gasteiger partial charge in [-0.15, -0.1) is 0 Å². The Labute approximate surface area is 265 Å². The highest BCUT2D eigenvalue weighted by molar-refractivity contribution is 5.93. The van der Waals surface area contributed by atoms with Crippen LogP contribution in [0.1, 0.15) is 57.5 Å². The molecule has 0 radical (unpaired) electrons. The SMILES string of the molecule is C[C@@H]1[C@H](CN2CCN(Cc3ccccc3)CC2)O[C@H](c2ccc(CNC(=O)c3cccnc3)cc2)O[C@@H]1c1ccc(CO)cc1. The summed E-state index contributed by atoms with van der Waals surface area (Å²) >= 11 is 0. The number of hydrogen-bond donors (Lipinski definition) is 2. The largest absolute Gasteiger partial charge is 0.392 e. The molecule has 6 rings (SSSR count). The number of piperazine rings is 1. The quantitative estimate of drug-likeness (QED) is 0.259. The zero-order valence-electron chi connectivity index (χ0n) is 25.8.